The summed E-state index contributed by atoms with van der Waals surface area (Å²) in [5.74, 6) is 0.789. The van der Waals surface area contributed by atoms with Crippen molar-refractivity contribution in [3.8, 4) is 17.0 Å². The Labute approximate surface area is 165 Å². The minimum absolute atomic E-state index is 0.310. The van der Waals surface area contributed by atoms with Crippen LogP contribution in [0.15, 0.2) is 65.6 Å². The van der Waals surface area contributed by atoms with Crippen LogP contribution in [0, 0.1) is 6.92 Å². The number of hydrogen-bond acceptors (Lipinski definition) is 4. The second-order valence-corrected chi connectivity index (χ2v) is 8.75. The lowest BCUT2D eigenvalue weighted by atomic mass is 10.1. The lowest BCUT2D eigenvalue weighted by Crippen LogP contribution is -2.35. The summed E-state index contributed by atoms with van der Waals surface area (Å²) < 4.78 is 33.0. The Kier molecular flexibility index (Phi) is 4.81. The van der Waals surface area contributed by atoms with Crippen molar-refractivity contribution in [3.05, 3.63) is 71.9 Å². The van der Waals surface area contributed by atoms with Crippen molar-refractivity contribution in [2.45, 2.75) is 24.7 Å². The van der Waals surface area contributed by atoms with Crippen LogP contribution in [0.1, 0.15) is 17.7 Å². The van der Waals surface area contributed by atoms with E-state index >= 15 is 0 Å². The number of benzene rings is 2. The molecule has 0 bridgehead atoms. The molecule has 6 heteroatoms. The molecular formula is C22H22N2O3S. The molecule has 0 radical (unpaired) electrons. The van der Waals surface area contributed by atoms with Crippen LogP contribution >= 0.6 is 0 Å². The van der Waals surface area contributed by atoms with E-state index in [0.717, 1.165) is 41.1 Å². The van der Waals surface area contributed by atoms with Crippen LogP contribution < -0.4 is 9.04 Å². The van der Waals surface area contributed by atoms with Gasteiger partial charge in [0.1, 0.15) is 5.75 Å². The van der Waals surface area contributed by atoms with Gasteiger partial charge >= 0.3 is 0 Å². The molecule has 144 valence electrons. The molecule has 2 heterocycles. The Bertz CT molecular complexity index is 1090. The van der Waals surface area contributed by atoms with E-state index in [0.29, 0.717) is 17.1 Å². The van der Waals surface area contributed by atoms with E-state index in [1.807, 2.05) is 55.5 Å². The molecule has 0 amide bonds. The lowest BCUT2D eigenvalue weighted by Gasteiger charge is -2.30. The number of sulfonamides is 1. The normalized spacial score (nSPS) is 13.9. The summed E-state index contributed by atoms with van der Waals surface area (Å²) in [6, 6.07) is 18.4. The maximum absolute atomic E-state index is 13.2. The summed E-state index contributed by atoms with van der Waals surface area (Å²) >= 11 is 0. The second-order valence-electron chi connectivity index (χ2n) is 6.88. The maximum Gasteiger partial charge on any atom is 0.264 e. The van der Waals surface area contributed by atoms with Gasteiger partial charge in [0.15, 0.2) is 0 Å². The molecule has 0 saturated heterocycles. The van der Waals surface area contributed by atoms with Gasteiger partial charge in [0.25, 0.3) is 10.0 Å². The fraction of sp³-hybridized carbons (Fsp3) is 0.227. The predicted octanol–water partition coefficient (Wildman–Crippen LogP) is 4.21. The fourth-order valence-corrected chi connectivity index (χ4v) is 4.95. The topological polar surface area (TPSA) is 59.5 Å². The Hall–Kier alpha value is -2.86. The van der Waals surface area contributed by atoms with Crippen molar-refractivity contribution in [1.29, 1.82) is 0 Å². The molecule has 3 aromatic rings. The third-order valence-corrected chi connectivity index (χ3v) is 6.82. The zero-order chi connectivity index (χ0) is 19.7. The number of aromatic nitrogens is 1. The van der Waals surface area contributed by atoms with Crippen molar-refractivity contribution < 1.29 is 13.2 Å². The van der Waals surface area contributed by atoms with Gasteiger partial charge in [-0.1, -0.05) is 17.7 Å². The first-order valence-electron chi connectivity index (χ1n) is 9.23. The summed E-state index contributed by atoms with van der Waals surface area (Å²) in [6.07, 6.45) is 1.51. The smallest absolute Gasteiger partial charge is 0.264 e. The van der Waals surface area contributed by atoms with Crippen LogP contribution in [0.25, 0.3) is 11.3 Å². The van der Waals surface area contributed by atoms with Gasteiger partial charge in [-0.15, -0.1) is 0 Å². The van der Waals surface area contributed by atoms with E-state index in [-0.39, 0.29) is 0 Å². The Morgan fingerprint density at radius 2 is 1.68 bits per heavy atom. The third-order valence-electron chi connectivity index (χ3n) is 4.99. The van der Waals surface area contributed by atoms with E-state index < -0.39 is 10.0 Å². The summed E-state index contributed by atoms with van der Waals surface area (Å²) in [7, 11) is -1.97. The third kappa shape index (κ3) is 3.36. The Morgan fingerprint density at radius 3 is 2.36 bits per heavy atom. The maximum atomic E-state index is 13.2. The van der Waals surface area contributed by atoms with Crippen LogP contribution in [0.2, 0.25) is 0 Å². The highest BCUT2D eigenvalue weighted by molar-refractivity contribution is 7.92. The van der Waals surface area contributed by atoms with E-state index in [1.165, 1.54) is 4.31 Å². The SMILES string of the molecule is COc1ccc(-c2ccc3c(n2)CCCN3S(=O)(=O)c2ccc(C)cc2)cc1. The van der Waals surface area contributed by atoms with Crippen molar-refractivity contribution in [3.63, 3.8) is 0 Å². The van der Waals surface area contributed by atoms with E-state index in [4.69, 9.17) is 9.72 Å². The molecule has 28 heavy (non-hydrogen) atoms. The molecule has 1 aliphatic heterocycles. The van der Waals surface area contributed by atoms with Crippen molar-refractivity contribution in [1.82, 2.24) is 4.98 Å². The zero-order valence-electron chi connectivity index (χ0n) is 15.9. The molecule has 4 rings (SSSR count). The molecule has 1 aliphatic rings. The van der Waals surface area contributed by atoms with E-state index in [1.54, 1.807) is 19.2 Å². The minimum atomic E-state index is -3.60. The first kappa shape index (κ1) is 18.5. The van der Waals surface area contributed by atoms with Crippen LogP contribution in [-0.4, -0.2) is 27.1 Å². The average Bonchev–Trinajstić information content (AvgIpc) is 2.73. The molecule has 2 aromatic carbocycles. The highest BCUT2D eigenvalue weighted by Gasteiger charge is 2.29. The molecule has 0 saturated carbocycles. The molecule has 0 atom stereocenters. The quantitative estimate of drug-likeness (QED) is 0.665. The molecule has 0 fully saturated rings. The summed E-state index contributed by atoms with van der Waals surface area (Å²) in [4.78, 5) is 5.07. The summed E-state index contributed by atoms with van der Waals surface area (Å²) in [6.45, 7) is 2.41. The number of hydrogen-bond donors (Lipinski definition) is 0. The van der Waals surface area contributed by atoms with Crippen LogP contribution in [0.3, 0.4) is 0 Å². The summed E-state index contributed by atoms with van der Waals surface area (Å²) in [5.41, 5.74) is 4.32. The fourth-order valence-electron chi connectivity index (χ4n) is 3.43. The van der Waals surface area contributed by atoms with Gasteiger partial charge < -0.3 is 4.74 Å². The number of ether oxygens (including phenoxy) is 1. The highest BCUT2D eigenvalue weighted by atomic mass is 32.2. The molecule has 0 spiro atoms. The number of aryl methyl sites for hydroxylation is 2. The Morgan fingerprint density at radius 1 is 0.964 bits per heavy atom. The first-order chi connectivity index (χ1) is 13.5. The average molecular weight is 394 g/mol. The summed E-state index contributed by atoms with van der Waals surface area (Å²) in [5, 5.41) is 0. The molecule has 1 aromatic heterocycles. The number of anilines is 1. The highest BCUT2D eigenvalue weighted by Crippen LogP contribution is 2.33. The van der Waals surface area contributed by atoms with Crippen molar-refractivity contribution in [2.75, 3.05) is 18.0 Å². The van der Waals surface area contributed by atoms with Gasteiger partial charge in [0.2, 0.25) is 0 Å². The number of nitrogens with zero attached hydrogens (tertiary/aromatic N) is 2. The molecular weight excluding hydrogens is 372 g/mol. The zero-order valence-corrected chi connectivity index (χ0v) is 16.7. The minimum Gasteiger partial charge on any atom is -0.497 e. The monoisotopic (exact) mass is 394 g/mol. The van der Waals surface area contributed by atoms with Crippen molar-refractivity contribution >= 4 is 15.7 Å². The lowest BCUT2D eigenvalue weighted by molar-refractivity contribution is 0.415. The standard InChI is InChI=1S/C22H22N2O3S/c1-16-5-11-19(12-6-16)28(25,26)24-15-3-4-21-22(24)14-13-20(23-21)17-7-9-18(27-2)10-8-17/h5-14H,3-4,15H2,1-2H3. The molecule has 0 aliphatic carbocycles. The van der Waals surface area contributed by atoms with Gasteiger partial charge in [-0.3, -0.25) is 9.29 Å². The van der Waals surface area contributed by atoms with Crippen LogP contribution in [0.4, 0.5) is 5.69 Å². The second kappa shape index (κ2) is 7.28. The van der Waals surface area contributed by atoms with Gasteiger partial charge in [-0.05, 0) is 68.3 Å². The number of pyridine rings is 1. The molecule has 0 N–H and O–H groups in total. The largest absolute Gasteiger partial charge is 0.497 e. The number of methoxy groups -OCH3 is 1. The molecule has 0 unspecified atom stereocenters. The predicted molar refractivity (Wildman–Crippen MR) is 110 cm³/mol. The van der Waals surface area contributed by atoms with Gasteiger partial charge in [-0.2, -0.15) is 0 Å². The Balaban J connectivity index is 1.71. The van der Waals surface area contributed by atoms with Crippen LogP contribution in [0.5, 0.6) is 5.75 Å². The van der Waals surface area contributed by atoms with Crippen molar-refractivity contribution in [2.24, 2.45) is 0 Å². The molecule has 5 nitrogen and oxygen atoms in total. The number of rotatable bonds is 4. The van der Waals surface area contributed by atoms with E-state index in [2.05, 4.69) is 0 Å². The van der Waals surface area contributed by atoms with Gasteiger partial charge in [0, 0.05) is 12.1 Å². The van der Waals surface area contributed by atoms with Gasteiger partial charge in [0.05, 0.1) is 29.1 Å². The number of fused-ring (bicyclic) bond motifs is 1. The van der Waals surface area contributed by atoms with E-state index in [9.17, 15) is 8.42 Å². The van der Waals surface area contributed by atoms with Crippen LogP contribution in [-0.2, 0) is 16.4 Å². The van der Waals surface area contributed by atoms with Gasteiger partial charge in [-0.25, -0.2) is 8.42 Å². The first-order valence-corrected chi connectivity index (χ1v) is 10.7.